The predicted molar refractivity (Wildman–Crippen MR) is 63.0 cm³/mol. The van der Waals surface area contributed by atoms with Gasteiger partial charge in [-0.2, -0.15) is 0 Å². The Balaban J connectivity index is 3.28. The molecular formula is C11H14BrNO2. The van der Waals surface area contributed by atoms with Gasteiger partial charge in [0.2, 0.25) is 0 Å². The summed E-state index contributed by atoms with van der Waals surface area (Å²) in [6, 6.07) is 3.79. The van der Waals surface area contributed by atoms with Gasteiger partial charge < -0.3 is 10.8 Å². The van der Waals surface area contributed by atoms with E-state index in [1.807, 2.05) is 26.0 Å². The summed E-state index contributed by atoms with van der Waals surface area (Å²) in [5, 5.41) is 9.04. The van der Waals surface area contributed by atoms with Crippen LogP contribution in [0, 0.1) is 13.8 Å². The van der Waals surface area contributed by atoms with Gasteiger partial charge in [0.25, 0.3) is 0 Å². The standard InChI is InChI=1S/C11H14BrNO2/c1-6-3-8(12)4-9(7(6)2)10(5-13)11(14)15/h3-4,10H,5,13H2,1-2H3,(H,14,15). The lowest BCUT2D eigenvalue weighted by Crippen LogP contribution is -2.22. The summed E-state index contributed by atoms with van der Waals surface area (Å²) in [5.41, 5.74) is 8.33. The van der Waals surface area contributed by atoms with Gasteiger partial charge in [-0.1, -0.05) is 15.9 Å². The van der Waals surface area contributed by atoms with Gasteiger partial charge in [0.1, 0.15) is 0 Å². The summed E-state index contributed by atoms with van der Waals surface area (Å²) in [4.78, 5) is 11.0. The number of benzene rings is 1. The summed E-state index contributed by atoms with van der Waals surface area (Å²) in [6.45, 7) is 3.99. The van der Waals surface area contributed by atoms with Crippen molar-refractivity contribution in [3.05, 3.63) is 33.3 Å². The Morgan fingerprint density at radius 1 is 1.53 bits per heavy atom. The second-order valence-electron chi connectivity index (χ2n) is 3.56. The van der Waals surface area contributed by atoms with E-state index >= 15 is 0 Å². The molecule has 15 heavy (non-hydrogen) atoms. The highest BCUT2D eigenvalue weighted by Gasteiger charge is 2.20. The number of carboxylic acids is 1. The first kappa shape index (κ1) is 12.2. The number of carboxylic acid groups (broad SMARTS) is 1. The van der Waals surface area contributed by atoms with E-state index in [2.05, 4.69) is 15.9 Å². The minimum Gasteiger partial charge on any atom is -0.481 e. The van der Waals surface area contributed by atoms with Crippen molar-refractivity contribution in [2.75, 3.05) is 6.54 Å². The summed E-state index contributed by atoms with van der Waals surface area (Å²) in [7, 11) is 0. The Bertz CT molecular complexity index is 390. The van der Waals surface area contributed by atoms with Crippen molar-refractivity contribution in [2.24, 2.45) is 5.73 Å². The fraction of sp³-hybridized carbons (Fsp3) is 0.364. The molecule has 1 aromatic carbocycles. The smallest absolute Gasteiger partial charge is 0.312 e. The van der Waals surface area contributed by atoms with E-state index in [4.69, 9.17) is 10.8 Å². The van der Waals surface area contributed by atoms with Crippen LogP contribution in [0.5, 0.6) is 0 Å². The number of hydrogen-bond donors (Lipinski definition) is 2. The lowest BCUT2D eigenvalue weighted by atomic mass is 9.92. The second-order valence-corrected chi connectivity index (χ2v) is 4.48. The van der Waals surface area contributed by atoms with E-state index in [9.17, 15) is 4.79 Å². The molecule has 1 atom stereocenters. The van der Waals surface area contributed by atoms with Crippen molar-refractivity contribution in [3.63, 3.8) is 0 Å². The third-order valence-electron chi connectivity index (χ3n) is 2.58. The van der Waals surface area contributed by atoms with Crippen molar-refractivity contribution in [1.29, 1.82) is 0 Å². The summed E-state index contributed by atoms with van der Waals surface area (Å²) >= 11 is 3.36. The number of rotatable bonds is 3. The van der Waals surface area contributed by atoms with Crippen LogP contribution in [0.1, 0.15) is 22.6 Å². The number of carbonyl (C=O) groups is 1. The van der Waals surface area contributed by atoms with Gasteiger partial charge >= 0.3 is 5.97 Å². The molecule has 0 bridgehead atoms. The molecule has 0 aliphatic heterocycles. The first-order valence-corrected chi connectivity index (χ1v) is 5.46. The average molecular weight is 272 g/mol. The molecule has 1 rings (SSSR count). The molecule has 3 nitrogen and oxygen atoms in total. The van der Waals surface area contributed by atoms with Crippen molar-refractivity contribution < 1.29 is 9.90 Å². The van der Waals surface area contributed by atoms with E-state index in [1.54, 1.807) is 0 Å². The van der Waals surface area contributed by atoms with Crippen molar-refractivity contribution in [3.8, 4) is 0 Å². The lowest BCUT2D eigenvalue weighted by molar-refractivity contribution is -0.138. The molecule has 1 aromatic rings. The van der Waals surface area contributed by atoms with Crippen molar-refractivity contribution in [2.45, 2.75) is 19.8 Å². The van der Waals surface area contributed by atoms with Crippen molar-refractivity contribution in [1.82, 2.24) is 0 Å². The Kier molecular flexibility index (Phi) is 3.88. The molecule has 3 N–H and O–H groups in total. The predicted octanol–water partition coefficient (Wildman–Crippen LogP) is 2.19. The fourth-order valence-electron chi connectivity index (χ4n) is 1.56. The van der Waals surface area contributed by atoms with Crippen LogP contribution in [-0.4, -0.2) is 17.6 Å². The van der Waals surface area contributed by atoms with Crippen LogP contribution in [0.15, 0.2) is 16.6 Å². The van der Waals surface area contributed by atoms with Gasteiger partial charge in [-0.25, -0.2) is 0 Å². The highest BCUT2D eigenvalue weighted by molar-refractivity contribution is 9.10. The molecule has 0 radical (unpaired) electrons. The molecule has 0 spiro atoms. The Morgan fingerprint density at radius 3 is 2.60 bits per heavy atom. The average Bonchev–Trinajstić information content (AvgIpc) is 2.13. The third-order valence-corrected chi connectivity index (χ3v) is 3.04. The van der Waals surface area contributed by atoms with Crippen LogP contribution in [0.4, 0.5) is 0 Å². The largest absolute Gasteiger partial charge is 0.481 e. The third kappa shape index (κ3) is 2.58. The Morgan fingerprint density at radius 2 is 2.13 bits per heavy atom. The van der Waals surface area contributed by atoms with Crippen molar-refractivity contribution >= 4 is 21.9 Å². The zero-order valence-electron chi connectivity index (χ0n) is 8.75. The second kappa shape index (κ2) is 4.77. The van der Waals surface area contributed by atoms with E-state index in [-0.39, 0.29) is 6.54 Å². The van der Waals surface area contributed by atoms with Crippen LogP contribution in [-0.2, 0) is 4.79 Å². The molecule has 0 aromatic heterocycles. The van der Waals surface area contributed by atoms with Crippen LogP contribution in [0.25, 0.3) is 0 Å². The highest BCUT2D eigenvalue weighted by atomic mass is 79.9. The molecular weight excluding hydrogens is 258 g/mol. The number of nitrogens with two attached hydrogens (primary N) is 1. The quantitative estimate of drug-likeness (QED) is 0.886. The summed E-state index contributed by atoms with van der Waals surface area (Å²) in [6.07, 6.45) is 0. The fourth-order valence-corrected chi connectivity index (χ4v) is 2.15. The first-order chi connectivity index (χ1) is 6.97. The summed E-state index contributed by atoms with van der Waals surface area (Å²) < 4.78 is 0.889. The molecule has 0 amide bonds. The maximum Gasteiger partial charge on any atom is 0.312 e. The minimum atomic E-state index is -0.877. The number of halogens is 1. The number of hydrogen-bond acceptors (Lipinski definition) is 2. The van der Waals surface area contributed by atoms with Crippen LogP contribution >= 0.6 is 15.9 Å². The van der Waals surface area contributed by atoms with E-state index < -0.39 is 11.9 Å². The Labute approximate surface area is 97.4 Å². The number of aryl methyl sites for hydroxylation is 1. The highest BCUT2D eigenvalue weighted by Crippen LogP contribution is 2.26. The topological polar surface area (TPSA) is 63.3 Å². The van der Waals surface area contributed by atoms with Gasteiger partial charge in [0.15, 0.2) is 0 Å². The van der Waals surface area contributed by atoms with E-state index in [0.717, 1.165) is 21.2 Å². The molecule has 1 unspecified atom stereocenters. The van der Waals surface area contributed by atoms with Crippen LogP contribution < -0.4 is 5.73 Å². The van der Waals surface area contributed by atoms with Gasteiger partial charge in [-0.05, 0) is 42.7 Å². The minimum absolute atomic E-state index is 0.117. The van der Waals surface area contributed by atoms with Gasteiger partial charge in [0.05, 0.1) is 5.92 Å². The molecule has 0 saturated heterocycles. The molecule has 4 heteroatoms. The molecule has 0 fully saturated rings. The summed E-state index contributed by atoms with van der Waals surface area (Å²) in [5.74, 6) is -1.50. The molecule has 0 aliphatic rings. The lowest BCUT2D eigenvalue weighted by Gasteiger charge is -2.15. The van der Waals surface area contributed by atoms with Gasteiger partial charge in [-0.3, -0.25) is 4.79 Å². The zero-order valence-corrected chi connectivity index (χ0v) is 10.3. The maximum absolute atomic E-state index is 11.0. The normalized spacial score (nSPS) is 12.5. The van der Waals surface area contributed by atoms with Crippen LogP contribution in [0.3, 0.4) is 0 Å². The van der Waals surface area contributed by atoms with Gasteiger partial charge in [-0.15, -0.1) is 0 Å². The molecule has 0 heterocycles. The first-order valence-electron chi connectivity index (χ1n) is 4.67. The van der Waals surface area contributed by atoms with E-state index in [1.165, 1.54) is 0 Å². The number of aliphatic carboxylic acids is 1. The molecule has 82 valence electrons. The zero-order chi connectivity index (χ0) is 11.6. The Hall–Kier alpha value is -0.870. The monoisotopic (exact) mass is 271 g/mol. The van der Waals surface area contributed by atoms with Gasteiger partial charge in [0, 0.05) is 11.0 Å². The maximum atomic E-state index is 11.0. The molecule has 0 saturated carbocycles. The SMILES string of the molecule is Cc1cc(Br)cc(C(CN)C(=O)O)c1C. The van der Waals surface area contributed by atoms with E-state index in [0.29, 0.717) is 0 Å². The van der Waals surface area contributed by atoms with Crippen LogP contribution in [0.2, 0.25) is 0 Å². The molecule has 0 aliphatic carbocycles.